The van der Waals surface area contributed by atoms with Crippen LogP contribution in [-0.4, -0.2) is 20.3 Å². The molecule has 3 N–H and O–H groups in total. The Kier molecular flexibility index (Phi) is 6.44. The zero-order valence-corrected chi connectivity index (χ0v) is 19.0. The number of hydrogen-bond donors (Lipinski definition) is 2. The van der Waals surface area contributed by atoms with Crippen molar-refractivity contribution < 1.29 is 53.5 Å². The van der Waals surface area contributed by atoms with E-state index in [4.69, 9.17) is 9.92 Å². The molecule has 1 atom stereocenters. The van der Waals surface area contributed by atoms with Crippen molar-refractivity contribution in [3.8, 4) is 5.75 Å². The Morgan fingerprint density at radius 2 is 1.53 bits per heavy atom. The minimum atomic E-state index is -2.91. The van der Waals surface area contributed by atoms with Crippen LogP contribution in [0.1, 0.15) is 38.8 Å². The maximum Gasteiger partial charge on any atom is 1.00 e. The van der Waals surface area contributed by atoms with Crippen molar-refractivity contribution in [3.05, 3.63) is 82.4 Å². The van der Waals surface area contributed by atoms with Crippen LogP contribution in [0.2, 0.25) is 0 Å². The molecule has 3 aromatic rings. The van der Waals surface area contributed by atoms with E-state index in [0.29, 0.717) is 5.69 Å². The Morgan fingerprint density at radius 1 is 0.967 bits per heavy atom. The van der Waals surface area contributed by atoms with Crippen LogP contribution in [0.5, 0.6) is 5.75 Å². The van der Waals surface area contributed by atoms with Crippen LogP contribution < -0.4 is 44.8 Å². The number of nitrogens with two attached hydrogens (primary N) is 1. The van der Waals surface area contributed by atoms with Crippen molar-refractivity contribution in [2.75, 3.05) is 11.1 Å². The van der Waals surface area contributed by atoms with E-state index in [0.717, 1.165) is 5.56 Å². The summed E-state index contributed by atoms with van der Waals surface area (Å²) in [5.74, 6) is -1.08. The van der Waals surface area contributed by atoms with E-state index >= 15 is 0 Å². The first-order valence-corrected chi connectivity index (χ1v) is 9.63. The summed E-state index contributed by atoms with van der Waals surface area (Å²) in [7, 11) is 0. The number of fused-ring (bicyclic) bond motifs is 2. The zero-order valence-electron chi connectivity index (χ0n) is 17.2. The van der Waals surface area contributed by atoms with Crippen LogP contribution in [0.15, 0.2) is 54.6 Å². The first-order valence-electron chi connectivity index (χ1n) is 8.63. The van der Waals surface area contributed by atoms with E-state index in [1.807, 2.05) is 25.1 Å². The second-order valence-electron chi connectivity index (χ2n) is 6.52. The van der Waals surface area contributed by atoms with Gasteiger partial charge in [0.15, 0.2) is 17.3 Å². The van der Waals surface area contributed by atoms with E-state index in [-0.39, 0.29) is 76.1 Å². The fraction of sp³-hybridized carbons (Fsp3) is 0.0476. The Balaban J connectivity index is 0.00000171. The van der Waals surface area contributed by atoms with Gasteiger partial charge in [-0.3, -0.25) is 9.59 Å². The van der Waals surface area contributed by atoms with Gasteiger partial charge in [0.1, 0.15) is 11.4 Å². The third-order valence-electron chi connectivity index (χ3n) is 4.77. The summed E-state index contributed by atoms with van der Waals surface area (Å²) in [6.45, 7) is 1.87. The first kappa shape index (κ1) is 22.2. The Labute approximate surface area is 198 Å². The molecule has 0 saturated heterocycles. The van der Waals surface area contributed by atoms with E-state index in [9.17, 15) is 18.4 Å². The van der Waals surface area contributed by atoms with Gasteiger partial charge in [0.2, 0.25) is 0 Å². The summed E-state index contributed by atoms with van der Waals surface area (Å²) in [4.78, 5) is 26.3. The van der Waals surface area contributed by atoms with Gasteiger partial charge in [-0.25, -0.2) is 4.21 Å². The van der Waals surface area contributed by atoms with E-state index in [1.54, 1.807) is 24.3 Å². The molecule has 0 fully saturated rings. The first-order chi connectivity index (χ1) is 13.9. The van der Waals surface area contributed by atoms with Crippen molar-refractivity contribution >= 4 is 40.0 Å². The number of ketones is 2. The summed E-state index contributed by atoms with van der Waals surface area (Å²) in [5, 5.41) is 3.11. The van der Waals surface area contributed by atoms with E-state index < -0.39 is 17.1 Å². The standard InChI is InChI=1S/C21H16N2O5S.Na.H/c1-11-6-2-5-9-14(11)23-15-10-16(28-29(26)27)19(22)18-17(15)20(24)12-7-3-4-8-13(12)21(18)25;;/h2-10,23H,22H2,1H3,(H,26,27);;/q;+1;-1/p-1. The van der Waals surface area contributed by atoms with Crippen molar-refractivity contribution in [2.24, 2.45) is 0 Å². The maximum atomic E-state index is 13.2. The smallest absolute Gasteiger partial charge is 1.00 e. The quantitative estimate of drug-likeness (QED) is 0.272. The van der Waals surface area contributed by atoms with E-state index in [2.05, 4.69) is 5.32 Å². The largest absolute Gasteiger partial charge is 1.00 e. The Hall–Kier alpha value is -2.49. The number of nitrogen functional groups attached to an aromatic ring is 1. The predicted octanol–water partition coefficient (Wildman–Crippen LogP) is 0.386. The van der Waals surface area contributed by atoms with Gasteiger partial charge in [-0.2, -0.15) is 0 Å². The summed E-state index contributed by atoms with van der Waals surface area (Å²) >= 11 is -2.91. The molecule has 0 aromatic heterocycles. The molecule has 1 aliphatic rings. The Morgan fingerprint density at radius 3 is 2.13 bits per heavy atom. The van der Waals surface area contributed by atoms with Gasteiger partial charge in [-0.15, -0.1) is 0 Å². The Bertz CT molecular complexity index is 1220. The second kappa shape index (κ2) is 8.71. The zero-order chi connectivity index (χ0) is 20.7. The van der Waals surface area contributed by atoms with Crippen molar-refractivity contribution in [1.82, 2.24) is 0 Å². The molecule has 0 saturated carbocycles. The SMILES string of the molecule is Cc1ccccc1Nc1cc(OS(=O)[O-])c(N)c2c1C(=O)c1ccccc1C2=O.[H-].[Na+]. The monoisotopic (exact) mass is 431 g/mol. The van der Waals surface area contributed by atoms with Crippen LogP contribution in [0.3, 0.4) is 0 Å². The molecule has 7 nitrogen and oxygen atoms in total. The average Bonchev–Trinajstić information content (AvgIpc) is 2.69. The number of hydrogen-bond acceptors (Lipinski definition) is 7. The molecule has 1 aliphatic carbocycles. The topological polar surface area (TPSA) is 122 Å². The van der Waals surface area contributed by atoms with E-state index in [1.165, 1.54) is 12.1 Å². The number of anilines is 3. The van der Waals surface area contributed by atoms with Gasteiger partial charge in [-0.1, -0.05) is 42.5 Å². The van der Waals surface area contributed by atoms with Gasteiger partial charge in [-0.05, 0) is 18.6 Å². The molecule has 0 spiro atoms. The van der Waals surface area contributed by atoms with Crippen LogP contribution in [0.4, 0.5) is 17.1 Å². The number of aryl methyl sites for hydroxylation is 1. The van der Waals surface area contributed by atoms with Gasteiger partial charge in [0, 0.05) is 22.9 Å². The van der Waals surface area contributed by atoms with Crippen LogP contribution in [0.25, 0.3) is 0 Å². The molecular weight excluding hydrogens is 415 g/mol. The minimum absolute atomic E-state index is 0. The molecule has 3 aromatic carbocycles. The van der Waals surface area contributed by atoms with Crippen molar-refractivity contribution in [2.45, 2.75) is 6.92 Å². The minimum Gasteiger partial charge on any atom is -1.00 e. The summed E-state index contributed by atoms with van der Waals surface area (Å²) in [5.41, 5.74) is 8.14. The molecule has 0 aliphatic heterocycles. The molecule has 1 unspecified atom stereocenters. The summed E-state index contributed by atoms with van der Waals surface area (Å²) in [6.07, 6.45) is 0. The van der Waals surface area contributed by atoms with Crippen molar-refractivity contribution in [1.29, 1.82) is 0 Å². The number of nitrogens with one attached hydrogen (secondary N) is 1. The van der Waals surface area contributed by atoms with Gasteiger partial charge < -0.3 is 21.2 Å². The molecule has 0 amide bonds. The predicted molar refractivity (Wildman–Crippen MR) is 109 cm³/mol. The van der Waals surface area contributed by atoms with Crippen molar-refractivity contribution in [3.63, 3.8) is 0 Å². The normalized spacial score (nSPS) is 13.0. The third-order valence-corrected chi connectivity index (χ3v) is 5.09. The summed E-state index contributed by atoms with van der Waals surface area (Å²) in [6, 6.07) is 15.1. The molecule has 0 radical (unpaired) electrons. The van der Waals surface area contributed by atoms with Crippen LogP contribution >= 0.6 is 0 Å². The fourth-order valence-corrected chi connectivity index (χ4v) is 3.68. The molecule has 4 rings (SSSR count). The van der Waals surface area contributed by atoms with Gasteiger partial charge >= 0.3 is 29.6 Å². The molecule has 0 bridgehead atoms. The molecule has 9 heteroatoms. The molecular formula is C21H16N2NaO5S-. The molecule has 30 heavy (non-hydrogen) atoms. The third kappa shape index (κ3) is 3.80. The van der Waals surface area contributed by atoms with Crippen LogP contribution in [0, 0.1) is 6.92 Å². The second-order valence-corrected chi connectivity index (χ2v) is 7.09. The number of para-hydroxylation sites is 1. The number of carbonyl (C=O) groups excluding carboxylic acids is 2. The molecule has 0 heterocycles. The number of rotatable bonds is 4. The van der Waals surface area contributed by atoms with Gasteiger partial charge in [0.05, 0.1) is 22.5 Å². The fourth-order valence-electron chi connectivity index (χ4n) is 3.39. The maximum absolute atomic E-state index is 13.2. The average molecular weight is 431 g/mol. The van der Waals surface area contributed by atoms with Gasteiger partial charge in [0.25, 0.3) is 0 Å². The number of benzene rings is 3. The van der Waals surface area contributed by atoms with Crippen LogP contribution in [-0.2, 0) is 11.4 Å². The summed E-state index contributed by atoms with van der Waals surface area (Å²) < 4.78 is 27.0. The molecule has 148 valence electrons. The number of carbonyl (C=O) groups is 2.